The summed E-state index contributed by atoms with van der Waals surface area (Å²) in [6.45, 7) is 1.35. The molecule has 0 aromatic carbocycles. The highest BCUT2D eigenvalue weighted by Gasteiger charge is 2.22. The van der Waals surface area contributed by atoms with Crippen molar-refractivity contribution >= 4 is 0 Å². The molecule has 0 unspecified atom stereocenters. The molecule has 0 aliphatic carbocycles. The Labute approximate surface area is 42.2 Å². The van der Waals surface area contributed by atoms with E-state index in [9.17, 15) is 0 Å². The third kappa shape index (κ3) is 0.907. The summed E-state index contributed by atoms with van der Waals surface area (Å²) >= 11 is 0. The molecule has 3 nitrogen and oxygen atoms in total. The predicted octanol–water partition coefficient (Wildman–Crippen LogP) is -1.39. The lowest BCUT2D eigenvalue weighted by molar-refractivity contribution is -0.0439. The van der Waals surface area contributed by atoms with E-state index in [4.69, 9.17) is 10.2 Å². The third-order valence-electron chi connectivity index (χ3n) is 1.14. The van der Waals surface area contributed by atoms with Crippen molar-refractivity contribution < 1.29 is 10.2 Å². The van der Waals surface area contributed by atoms with Crippen molar-refractivity contribution in [1.82, 2.24) is 4.90 Å². The Hall–Kier alpha value is -0.120. The number of hydrogen-bond donors (Lipinski definition) is 2. The first-order chi connectivity index (χ1) is 3.33. The Bertz CT molecular complexity index is 60.7. The second-order valence-corrected chi connectivity index (χ2v) is 1.83. The summed E-state index contributed by atoms with van der Waals surface area (Å²) in [7, 11) is 0. The third-order valence-corrected chi connectivity index (χ3v) is 1.14. The van der Waals surface area contributed by atoms with Crippen LogP contribution < -0.4 is 0 Å². The molecule has 1 aliphatic rings. The summed E-state index contributed by atoms with van der Waals surface area (Å²) in [6.07, 6.45) is -0.188. The SMILES string of the molecule is OCN1CC(O)C1. The van der Waals surface area contributed by atoms with E-state index in [2.05, 4.69) is 0 Å². The van der Waals surface area contributed by atoms with E-state index < -0.39 is 0 Å². The average Bonchev–Trinajstić information content (AvgIpc) is 1.58. The van der Waals surface area contributed by atoms with Gasteiger partial charge in [0.15, 0.2) is 0 Å². The van der Waals surface area contributed by atoms with Gasteiger partial charge >= 0.3 is 0 Å². The Morgan fingerprint density at radius 2 is 2.14 bits per heavy atom. The van der Waals surface area contributed by atoms with Crippen LogP contribution in [0.5, 0.6) is 0 Å². The predicted molar refractivity (Wildman–Crippen MR) is 24.7 cm³/mol. The van der Waals surface area contributed by atoms with Gasteiger partial charge in [-0.05, 0) is 0 Å². The molecule has 1 rings (SSSR count). The van der Waals surface area contributed by atoms with Crippen LogP contribution in [0.15, 0.2) is 0 Å². The van der Waals surface area contributed by atoms with Gasteiger partial charge < -0.3 is 10.2 Å². The standard InChI is InChI=1S/C4H9NO2/c6-3-5-1-4(7)2-5/h4,6-7H,1-3H2. The van der Waals surface area contributed by atoms with E-state index in [-0.39, 0.29) is 12.8 Å². The van der Waals surface area contributed by atoms with Gasteiger partial charge in [0.05, 0.1) is 12.8 Å². The number of rotatable bonds is 1. The lowest BCUT2D eigenvalue weighted by atomic mass is 10.2. The van der Waals surface area contributed by atoms with Crippen molar-refractivity contribution in [3.63, 3.8) is 0 Å². The Balaban J connectivity index is 2.06. The molecule has 0 radical (unpaired) electrons. The van der Waals surface area contributed by atoms with Gasteiger partial charge in [-0.3, -0.25) is 4.90 Å². The van der Waals surface area contributed by atoms with Gasteiger partial charge in [-0.1, -0.05) is 0 Å². The molecule has 0 bridgehead atoms. The molecule has 1 saturated heterocycles. The van der Waals surface area contributed by atoms with Gasteiger partial charge in [0.1, 0.15) is 0 Å². The molecule has 1 fully saturated rings. The molecule has 0 atom stereocenters. The molecule has 0 spiro atoms. The van der Waals surface area contributed by atoms with Gasteiger partial charge in [0.2, 0.25) is 0 Å². The van der Waals surface area contributed by atoms with Crippen LogP contribution in [0.4, 0.5) is 0 Å². The summed E-state index contributed by atoms with van der Waals surface area (Å²) in [6, 6.07) is 0. The fourth-order valence-electron chi connectivity index (χ4n) is 0.658. The number of nitrogens with zero attached hydrogens (tertiary/aromatic N) is 1. The maximum atomic E-state index is 8.60. The first-order valence-corrected chi connectivity index (χ1v) is 2.34. The van der Waals surface area contributed by atoms with Crippen molar-refractivity contribution in [1.29, 1.82) is 0 Å². The van der Waals surface area contributed by atoms with Crippen LogP contribution in [0.3, 0.4) is 0 Å². The van der Waals surface area contributed by atoms with E-state index in [0.717, 1.165) is 0 Å². The molecular formula is C4H9NO2. The minimum Gasteiger partial charge on any atom is -0.390 e. The summed E-state index contributed by atoms with van der Waals surface area (Å²) in [5, 5.41) is 16.9. The fourth-order valence-corrected chi connectivity index (χ4v) is 0.658. The van der Waals surface area contributed by atoms with Crippen LogP contribution in [-0.2, 0) is 0 Å². The second-order valence-electron chi connectivity index (χ2n) is 1.83. The van der Waals surface area contributed by atoms with E-state index in [0.29, 0.717) is 13.1 Å². The van der Waals surface area contributed by atoms with E-state index >= 15 is 0 Å². The maximum absolute atomic E-state index is 8.60. The summed E-state index contributed by atoms with van der Waals surface area (Å²) in [4.78, 5) is 1.75. The molecule has 0 aromatic rings. The molecule has 3 heteroatoms. The maximum Gasteiger partial charge on any atom is 0.0958 e. The quantitative estimate of drug-likeness (QED) is 0.429. The first kappa shape index (κ1) is 5.03. The number of hydrogen-bond acceptors (Lipinski definition) is 3. The molecule has 0 saturated carbocycles. The monoisotopic (exact) mass is 103 g/mol. The molecule has 0 aromatic heterocycles. The van der Waals surface area contributed by atoms with Crippen LogP contribution in [0.2, 0.25) is 0 Å². The topological polar surface area (TPSA) is 43.7 Å². The summed E-state index contributed by atoms with van der Waals surface area (Å²) < 4.78 is 0. The number of aliphatic hydroxyl groups is 2. The van der Waals surface area contributed by atoms with Gasteiger partial charge in [-0.25, -0.2) is 0 Å². The van der Waals surface area contributed by atoms with Crippen LogP contribution in [0.25, 0.3) is 0 Å². The number of β-amino-alcohol motifs (C(OH)–C–C–N with tert-alkyl or cyclic N) is 1. The van der Waals surface area contributed by atoms with Crippen molar-refractivity contribution in [2.75, 3.05) is 19.8 Å². The van der Waals surface area contributed by atoms with E-state index in [1.54, 1.807) is 4.90 Å². The summed E-state index contributed by atoms with van der Waals surface area (Å²) in [5.41, 5.74) is 0. The highest BCUT2D eigenvalue weighted by atomic mass is 16.3. The lowest BCUT2D eigenvalue weighted by Gasteiger charge is -2.33. The Morgan fingerprint density at radius 1 is 1.57 bits per heavy atom. The zero-order valence-corrected chi connectivity index (χ0v) is 4.04. The van der Waals surface area contributed by atoms with Gasteiger partial charge in [-0.2, -0.15) is 0 Å². The molecule has 2 N–H and O–H groups in total. The zero-order chi connectivity index (χ0) is 5.28. The highest BCUT2D eigenvalue weighted by molar-refractivity contribution is 4.75. The van der Waals surface area contributed by atoms with Gasteiger partial charge in [0, 0.05) is 13.1 Å². The van der Waals surface area contributed by atoms with E-state index in [1.165, 1.54) is 0 Å². The van der Waals surface area contributed by atoms with Gasteiger partial charge in [-0.15, -0.1) is 0 Å². The van der Waals surface area contributed by atoms with Crippen molar-refractivity contribution in [2.45, 2.75) is 6.10 Å². The lowest BCUT2D eigenvalue weighted by Crippen LogP contribution is -2.50. The van der Waals surface area contributed by atoms with Crippen LogP contribution in [0, 0.1) is 0 Å². The molecule has 42 valence electrons. The molecule has 1 aliphatic heterocycles. The first-order valence-electron chi connectivity index (χ1n) is 2.34. The Morgan fingerprint density at radius 3 is 2.29 bits per heavy atom. The second kappa shape index (κ2) is 1.78. The minimum absolute atomic E-state index is 0.0804. The number of likely N-dealkylation sites (tertiary alicyclic amines) is 1. The zero-order valence-electron chi connectivity index (χ0n) is 4.04. The van der Waals surface area contributed by atoms with Crippen LogP contribution >= 0.6 is 0 Å². The molecular weight excluding hydrogens is 94.0 g/mol. The molecule has 7 heavy (non-hydrogen) atoms. The van der Waals surface area contributed by atoms with Crippen LogP contribution in [0.1, 0.15) is 0 Å². The van der Waals surface area contributed by atoms with Gasteiger partial charge in [0.25, 0.3) is 0 Å². The van der Waals surface area contributed by atoms with Crippen molar-refractivity contribution in [3.05, 3.63) is 0 Å². The fraction of sp³-hybridized carbons (Fsp3) is 1.00. The normalized spacial score (nSPS) is 24.9. The Kier molecular flexibility index (Phi) is 1.27. The summed E-state index contributed by atoms with van der Waals surface area (Å²) in [5.74, 6) is 0. The smallest absolute Gasteiger partial charge is 0.0958 e. The highest BCUT2D eigenvalue weighted by Crippen LogP contribution is 2.03. The minimum atomic E-state index is -0.188. The largest absolute Gasteiger partial charge is 0.390 e. The molecule has 0 amide bonds. The van der Waals surface area contributed by atoms with Crippen molar-refractivity contribution in [3.8, 4) is 0 Å². The molecule has 1 heterocycles. The number of aliphatic hydroxyl groups excluding tert-OH is 2. The van der Waals surface area contributed by atoms with Crippen LogP contribution in [-0.4, -0.2) is 41.0 Å². The van der Waals surface area contributed by atoms with E-state index in [1.807, 2.05) is 0 Å². The van der Waals surface area contributed by atoms with Crippen molar-refractivity contribution in [2.24, 2.45) is 0 Å². The average molecular weight is 103 g/mol.